The Kier molecular flexibility index (Phi) is 10.1. The van der Waals surface area contributed by atoms with Crippen molar-refractivity contribution in [3.63, 3.8) is 0 Å². The van der Waals surface area contributed by atoms with Crippen LogP contribution in [0.4, 0.5) is 4.79 Å². The van der Waals surface area contributed by atoms with Crippen molar-refractivity contribution in [1.29, 1.82) is 0 Å². The van der Waals surface area contributed by atoms with Gasteiger partial charge in [0.15, 0.2) is 0 Å². The second kappa shape index (κ2) is 7.68. The summed E-state index contributed by atoms with van der Waals surface area (Å²) in [5, 5.41) is 0. The van der Waals surface area contributed by atoms with Crippen molar-refractivity contribution in [2.45, 2.75) is 13.8 Å². The molecule has 0 aromatic heterocycles. The predicted molar refractivity (Wildman–Crippen MR) is 35.9 cm³/mol. The van der Waals surface area contributed by atoms with Gasteiger partial charge in [-0.05, 0) is 6.92 Å². The Balaban J connectivity index is 0. The first-order valence-corrected chi connectivity index (χ1v) is 2.52. The van der Waals surface area contributed by atoms with Crippen molar-refractivity contribution in [1.82, 2.24) is 0 Å². The average Bonchev–Trinajstić information content (AvgIpc) is 1.63. The van der Waals surface area contributed by atoms with Gasteiger partial charge in [-0.2, -0.15) is 0 Å². The van der Waals surface area contributed by atoms with Crippen LogP contribution in [0.15, 0.2) is 0 Å². The number of carbonyl (C=O) groups excluding carboxylic acids is 2. The zero-order valence-corrected chi connectivity index (χ0v) is 5.34. The van der Waals surface area contributed by atoms with Gasteiger partial charge in [0, 0.05) is 6.92 Å². The van der Waals surface area contributed by atoms with Crippen LogP contribution in [0.1, 0.15) is 13.8 Å². The van der Waals surface area contributed by atoms with Crippen molar-refractivity contribution >= 4 is 63.5 Å². The zero-order chi connectivity index (χ0) is 7.28. The summed E-state index contributed by atoms with van der Waals surface area (Å²) < 4.78 is 8.26. The van der Waals surface area contributed by atoms with Gasteiger partial charge in [0.1, 0.15) is 0 Å². The molecule has 0 aromatic carbocycles. The zero-order valence-electron chi connectivity index (χ0n) is 5.34. The van der Waals surface area contributed by atoms with Gasteiger partial charge in [-0.1, -0.05) is 0 Å². The first-order chi connectivity index (χ1) is 4.16. The molecule has 0 saturated carbocycles. The summed E-state index contributed by atoms with van der Waals surface area (Å²) in [7, 11) is 0. The van der Waals surface area contributed by atoms with Crippen LogP contribution in [-0.2, 0) is 14.3 Å². The third-order valence-corrected chi connectivity index (χ3v) is 0.489. The molecule has 0 rings (SSSR count). The molecule has 0 fully saturated rings. The van der Waals surface area contributed by atoms with Crippen LogP contribution in [0.2, 0.25) is 0 Å². The van der Waals surface area contributed by atoms with Crippen molar-refractivity contribution in [3.8, 4) is 0 Å². The SMILES string of the molecule is CCOC(=O)OC(C)=O.[KH]. The minimum absolute atomic E-state index is 0. The number of esters is 1. The Morgan fingerprint density at radius 3 is 2.20 bits per heavy atom. The molecule has 0 unspecified atom stereocenters. The molecule has 0 N–H and O–H groups in total. The second-order valence-corrected chi connectivity index (χ2v) is 1.28. The first-order valence-electron chi connectivity index (χ1n) is 2.52. The van der Waals surface area contributed by atoms with E-state index in [1.807, 2.05) is 0 Å². The van der Waals surface area contributed by atoms with Crippen molar-refractivity contribution in [3.05, 3.63) is 0 Å². The molecule has 0 amide bonds. The molecule has 10 heavy (non-hydrogen) atoms. The fourth-order valence-corrected chi connectivity index (χ4v) is 0.265. The summed E-state index contributed by atoms with van der Waals surface area (Å²) in [5.74, 6) is -0.659. The molecule has 0 aliphatic rings. The van der Waals surface area contributed by atoms with Gasteiger partial charge >= 0.3 is 63.5 Å². The number of rotatable bonds is 1. The third kappa shape index (κ3) is 8.58. The summed E-state index contributed by atoms with van der Waals surface area (Å²) in [6, 6.07) is 0. The Morgan fingerprint density at radius 2 is 1.90 bits per heavy atom. The van der Waals surface area contributed by atoms with Gasteiger partial charge in [-0.15, -0.1) is 0 Å². The van der Waals surface area contributed by atoms with Gasteiger partial charge < -0.3 is 9.47 Å². The normalized spacial score (nSPS) is 7.40. The van der Waals surface area contributed by atoms with Crippen LogP contribution < -0.4 is 0 Å². The summed E-state index contributed by atoms with van der Waals surface area (Å²) in [6.45, 7) is 2.98. The second-order valence-electron chi connectivity index (χ2n) is 1.28. The van der Waals surface area contributed by atoms with Gasteiger partial charge in [-0.3, -0.25) is 4.79 Å². The molecule has 0 aliphatic heterocycles. The monoisotopic (exact) mass is 172 g/mol. The van der Waals surface area contributed by atoms with Crippen LogP contribution in [0.3, 0.4) is 0 Å². The summed E-state index contributed by atoms with van der Waals surface area (Å²) in [4.78, 5) is 20.2. The molecular formula is C5H9KO4. The quantitative estimate of drug-likeness (QED) is 0.319. The standard InChI is InChI=1S/C5H8O4.K.H/c1-3-8-5(7)9-4(2)6;;/h3H2,1-2H3;;. The molecule has 0 radical (unpaired) electrons. The molecule has 0 aliphatic carbocycles. The van der Waals surface area contributed by atoms with Gasteiger partial charge in [0.2, 0.25) is 0 Å². The molecule has 0 aromatic rings. The van der Waals surface area contributed by atoms with E-state index in [2.05, 4.69) is 9.47 Å². The average molecular weight is 172 g/mol. The number of hydrogen-bond donors (Lipinski definition) is 0. The Morgan fingerprint density at radius 1 is 1.40 bits per heavy atom. The molecule has 5 heteroatoms. The summed E-state index contributed by atoms with van der Waals surface area (Å²) >= 11 is 0. The summed E-state index contributed by atoms with van der Waals surface area (Å²) in [5.41, 5.74) is 0. The van der Waals surface area contributed by atoms with Crippen molar-refractivity contribution < 1.29 is 19.1 Å². The molecule has 0 heterocycles. The van der Waals surface area contributed by atoms with E-state index in [4.69, 9.17) is 0 Å². The summed E-state index contributed by atoms with van der Waals surface area (Å²) in [6.07, 6.45) is -0.940. The third-order valence-electron chi connectivity index (χ3n) is 0.489. The molecule has 0 atom stereocenters. The number of hydrogen-bond acceptors (Lipinski definition) is 4. The molecule has 0 saturated heterocycles. The van der Waals surface area contributed by atoms with Crippen molar-refractivity contribution in [2.75, 3.05) is 6.61 Å². The fraction of sp³-hybridized carbons (Fsp3) is 0.600. The maximum atomic E-state index is 10.2. The van der Waals surface area contributed by atoms with Crippen LogP contribution >= 0.6 is 0 Å². The predicted octanol–water partition coefficient (Wildman–Crippen LogP) is 0.0575. The van der Waals surface area contributed by atoms with E-state index < -0.39 is 12.1 Å². The van der Waals surface area contributed by atoms with Crippen molar-refractivity contribution in [2.24, 2.45) is 0 Å². The number of carbonyl (C=O) groups is 2. The van der Waals surface area contributed by atoms with Gasteiger partial charge in [0.05, 0.1) is 6.61 Å². The van der Waals surface area contributed by atoms with Crippen LogP contribution in [-0.4, -0.2) is 70.1 Å². The van der Waals surface area contributed by atoms with Crippen LogP contribution in [0.25, 0.3) is 0 Å². The van der Waals surface area contributed by atoms with E-state index in [0.717, 1.165) is 6.92 Å². The van der Waals surface area contributed by atoms with Gasteiger partial charge in [0.25, 0.3) is 0 Å². The van der Waals surface area contributed by atoms with E-state index >= 15 is 0 Å². The number of ether oxygens (including phenoxy) is 2. The Bertz CT molecular complexity index is 123. The Hall–Kier alpha value is 0.576. The maximum absolute atomic E-state index is 10.2. The molecular weight excluding hydrogens is 163 g/mol. The Labute approximate surface area is 102 Å². The van der Waals surface area contributed by atoms with E-state index in [-0.39, 0.29) is 58.0 Å². The van der Waals surface area contributed by atoms with E-state index in [0.29, 0.717) is 0 Å². The van der Waals surface area contributed by atoms with Crippen LogP contribution in [0.5, 0.6) is 0 Å². The first kappa shape index (κ1) is 13.2. The topological polar surface area (TPSA) is 52.6 Å². The van der Waals surface area contributed by atoms with E-state index in [9.17, 15) is 9.59 Å². The fourth-order valence-electron chi connectivity index (χ4n) is 0.265. The van der Waals surface area contributed by atoms with E-state index in [1.54, 1.807) is 6.92 Å². The molecule has 54 valence electrons. The van der Waals surface area contributed by atoms with Crippen LogP contribution in [0, 0.1) is 0 Å². The minimum atomic E-state index is -0.940. The molecule has 4 nitrogen and oxygen atoms in total. The van der Waals surface area contributed by atoms with Gasteiger partial charge in [-0.25, -0.2) is 4.79 Å². The molecule has 0 bridgehead atoms. The van der Waals surface area contributed by atoms with E-state index in [1.165, 1.54) is 0 Å². The molecule has 0 spiro atoms.